The van der Waals surface area contributed by atoms with Crippen molar-refractivity contribution in [3.63, 3.8) is 0 Å². The number of hydrogen-bond donors (Lipinski definition) is 0. The van der Waals surface area contributed by atoms with Crippen LogP contribution in [0.1, 0.15) is 23.7 Å². The minimum Gasteiger partial charge on any atom is -0.493 e. The van der Waals surface area contributed by atoms with Crippen LogP contribution in [0.4, 0.5) is 0 Å². The number of carbonyl (C=O) groups is 2. The maximum absolute atomic E-state index is 12.1. The molecule has 24 heavy (non-hydrogen) atoms. The average Bonchev–Trinajstić information content (AvgIpc) is 2.92. The van der Waals surface area contributed by atoms with Crippen LogP contribution in [-0.2, 0) is 19.4 Å². The van der Waals surface area contributed by atoms with Crippen LogP contribution in [0.2, 0.25) is 0 Å². The van der Waals surface area contributed by atoms with Gasteiger partial charge in [0.1, 0.15) is 11.3 Å². The molecule has 1 saturated heterocycles. The van der Waals surface area contributed by atoms with E-state index in [2.05, 4.69) is 0 Å². The number of ether oxygens (including phenoxy) is 2. The van der Waals surface area contributed by atoms with Gasteiger partial charge >= 0.3 is 5.97 Å². The third-order valence-electron chi connectivity index (χ3n) is 3.88. The standard InChI is InChI=1S/C16H21NO6S/c1-3-22-14-7-5-4-6-13(14)16(19)23-10-15(18)17(2)12-8-9-24(20,21)11-12/h4-7,12H,3,8-11H2,1-2H3/t12-/m0/s1. The van der Waals surface area contributed by atoms with E-state index in [4.69, 9.17) is 9.47 Å². The Morgan fingerprint density at radius 1 is 1.29 bits per heavy atom. The molecule has 0 aromatic heterocycles. The number of carbonyl (C=O) groups excluding carboxylic acids is 2. The zero-order valence-electron chi connectivity index (χ0n) is 13.7. The predicted molar refractivity (Wildman–Crippen MR) is 87.7 cm³/mol. The van der Waals surface area contributed by atoms with Gasteiger partial charge in [0.25, 0.3) is 5.91 Å². The Morgan fingerprint density at radius 2 is 2.00 bits per heavy atom. The number of rotatable bonds is 6. The number of likely N-dealkylation sites (N-methyl/N-ethyl adjacent to an activating group) is 1. The van der Waals surface area contributed by atoms with E-state index in [0.29, 0.717) is 18.8 Å². The number of nitrogens with zero attached hydrogens (tertiary/aromatic N) is 1. The first-order valence-electron chi connectivity index (χ1n) is 7.69. The lowest BCUT2D eigenvalue weighted by atomic mass is 10.2. The highest BCUT2D eigenvalue weighted by molar-refractivity contribution is 7.91. The van der Waals surface area contributed by atoms with Crippen LogP contribution in [0.5, 0.6) is 5.75 Å². The monoisotopic (exact) mass is 355 g/mol. The fourth-order valence-electron chi connectivity index (χ4n) is 2.51. The first kappa shape index (κ1) is 18.3. The summed E-state index contributed by atoms with van der Waals surface area (Å²) < 4.78 is 33.4. The number of amides is 1. The van der Waals surface area contributed by atoms with Crippen LogP contribution < -0.4 is 4.74 Å². The zero-order valence-corrected chi connectivity index (χ0v) is 14.5. The van der Waals surface area contributed by atoms with E-state index < -0.39 is 28.3 Å². The lowest BCUT2D eigenvalue weighted by Crippen LogP contribution is -2.40. The van der Waals surface area contributed by atoms with Crippen molar-refractivity contribution in [1.29, 1.82) is 0 Å². The van der Waals surface area contributed by atoms with Crippen molar-refractivity contribution in [3.05, 3.63) is 29.8 Å². The third kappa shape index (κ3) is 4.47. The largest absolute Gasteiger partial charge is 0.493 e. The second-order valence-electron chi connectivity index (χ2n) is 5.57. The average molecular weight is 355 g/mol. The van der Waals surface area contributed by atoms with Crippen LogP contribution in [0.25, 0.3) is 0 Å². The maximum Gasteiger partial charge on any atom is 0.342 e. The number of esters is 1. The quantitative estimate of drug-likeness (QED) is 0.704. The van der Waals surface area contributed by atoms with Crippen LogP contribution in [-0.4, -0.2) is 63.0 Å². The van der Waals surface area contributed by atoms with Crippen molar-refractivity contribution in [2.75, 3.05) is 31.8 Å². The lowest BCUT2D eigenvalue weighted by Gasteiger charge is -2.23. The zero-order chi connectivity index (χ0) is 17.7. The molecular weight excluding hydrogens is 334 g/mol. The van der Waals surface area contributed by atoms with Gasteiger partial charge in [-0.05, 0) is 25.5 Å². The molecule has 0 N–H and O–H groups in total. The summed E-state index contributed by atoms with van der Waals surface area (Å²) in [5, 5.41) is 0. The number of hydrogen-bond acceptors (Lipinski definition) is 6. The Kier molecular flexibility index (Phi) is 5.82. The van der Waals surface area contributed by atoms with Crippen molar-refractivity contribution < 1.29 is 27.5 Å². The third-order valence-corrected chi connectivity index (χ3v) is 5.63. The minimum absolute atomic E-state index is 0.0453. The van der Waals surface area contributed by atoms with Crippen LogP contribution in [0, 0.1) is 0 Å². The molecule has 0 spiro atoms. The molecule has 0 bridgehead atoms. The Labute approximate surface area is 141 Å². The molecule has 1 atom stereocenters. The molecule has 1 amide bonds. The first-order chi connectivity index (χ1) is 11.3. The molecule has 0 aliphatic carbocycles. The molecule has 0 saturated carbocycles. The number of benzene rings is 1. The van der Waals surface area contributed by atoms with Gasteiger partial charge < -0.3 is 14.4 Å². The van der Waals surface area contributed by atoms with E-state index in [1.807, 2.05) is 0 Å². The van der Waals surface area contributed by atoms with Crippen LogP contribution in [0.15, 0.2) is 24.3 Å². The fraction of sp³-hybridized carbons (Fsp3) is 0.500. The number of para-hydroxylation sites is 1. The maximum atomic E-state index is 12.1. The summed E-state index contributed by atoms with van der Waals surface area (Å²) in [6.07, 6.45) is 0.408. The molecule has 7 nitrogen and oxygen atoms in total. The molecule has 1 aromatic carbocycles. The molecule has 132 valence electrons. The summed E-state index contributed by atoms with van der Waals surface area (Å²) in [6, 6.07) is 6.26. The molecule has 1 aliphatic rings. The molecule has 0 radical (unpaired) electrons. The molecule has 2 rings (SSSR count). The summed E-state index contributed by atoms with van der Waals surface area (Å²) >= 11 is 0. The van der Waals surface area contributed by atoms with Crippen LogP contribution >= 0.6 is 0 Å². The Balaban J connectivity index is 1.93. The van der Waals surface area contributed by atoms with Gasteiger partial charge in [0, 0.05) is 13.1 Å². The molecule has 8 heteroatoms. The van der Waals surface area contributed by atoms with Crippen molar-refractivity contribution in [2.45, 2.75) is 19.4 Å². The van der Waals surface area contributed by atoms with Gasteiger partial charge in [0.05, 0.1) is 18.1 Å². The van der Waals surface area contributed by atoms with Gasteiger partial charge in [-0.25, -0.2) is 13.2 Å². The van der Waals surface area contributed by atoms with Gasteiger partial charge in [0.2, 0.25) is 0 Å². The minimum atomic E-state index is -3.08. The summed E-state index contributed by atoms with van der Waals surface area (Å²) in [5.74, 6) is -0.653. The number of sulfone groups is 1. The van der Waals surface area contributed by atoms with E-state index in [0.717, 1.165) is 0 Å². The topological polar surface area (TPSA) is 90.0 Å². The highest BCUT2D eigenvalue weighted by Crippen LogP contribution is 2.19. The summed E-state index contributed by atoms with van der Waals surface area (Å²) in [5.41, 5.74) is 0.248. The normalized spacial score (nSPS) is 18.8. The molecule has 1 aromatic rings. The van der Waals surface area contributed by atoms with E-state index in [1.165, 1.54) is 11.9 Å². The molecule has 1 heterocycles. The molecular formula is C16H21NO6S. The van der Waals surface area contributed by atoms with E-state index in [-0.39, 0.29) is 23.1 Å². The summed E-state index contributed by atoms with van der Waals surface area (Å²) in [4.78, 5) is 25.6. The molecule has 0 unspecified atom stereocenters. The molecule has 1 aliphatic heterocycles. The van der Waals surface area contributed by atoms with Crippen LogP contribution in [0.3, 0.4) is 0 Å². The van der Waals surface area contributed by atoms with Gasteiger partial charge in [-0.1, -0.05) is 12.1 Å². The lowest BCUT2D eigenvalue weighted by molar-refractivity contribution is -0.134. The second kappa shape index (κ2) is 7.65. The van der Waals surface area contributed by atoms with Crippen molar-refractivity contribution in [1.82, 2.24) is 4.90 Å². The highest BCUT2D eigenvalue weighted by atomic mass is 32.2. The van der Waals surface area contributed by atoms with Gasteiger partial charge in [-0.15, -0.1) is 0 Å². The van der Waals surface area contributed by atoms with Gasteiger partial charge in [-0.3, -0.25) is 4.79 Å². The summed E-state index contributed by atoms with van der Waals surface area (Å²) in [6.45, 7) is 1.77. The Bertz CT molecular complexity index is 715. The fourth-order valence-corrected chi connectivity index (χ4v) is 4.28. The predicted octanol–water partition coefficient (Wildman–Crippen LogP) is 0.888. The van der Waals surface area contributed by atoms with Crippen molar-refractivity contribution >= 4 is 21.7 Å². The first-order valence-corrected chi connectivity index (χ1v) is 9.51. The highest BCUT2D eigenvalue weighted by Gasteiger charge is 2.33. The van der Waals surface area contributed by atoms with Gasteiger partial charge in [-0.2, -0.15) is 0 Å². The van der Waals surface area contributed by atoms with Gasteiger partial charge in [0.15, 0.2) is 16.4 Å². The Morgan fingerprint density at radius 3 is 2.62 bits per heavy atom. The summed E-state index contributed by atoms with van der Waals surface area (Å²) in [7, 11) is -1.55. The smallest absolute Gasteiger partial charge is 0.342 e. The van der Waals surface area contributed by atoms with E-state index in [9.17, 15) is 18.0 Å². The SMILES string of the molecule is CCOc1ccccc1C(=O)OCC(=O)N(C)[C@H]1CCS(=O)(=O)C1. The van der Waals surface area contributed by atoms with Crippen molar-refractivity contribution in [2.24, 2.45) is 0 Å². The van der Waals surface area contributed by atoms with E-state index >= 15 is 0 Å². The molecule has 1 fully saturated rings. The second-order valence-corrected chi connectivity index (χ2v) is 7.80. The van der Waals surface area contributed by atoms with E-state index in [1.54, 1.807) is 31.2 Å². The van der Waals surface area contributed by atoms with Crippen molar-refractivity contribution in [3.8, 4) is 5.75 Å². The Hall–Kier alpha value is -2.09.